The van der Waals surface area contributed by atoms with Crippen molar-refractivity contribution >= 4 is 0 Å². The standard InChI is InChI=1S/C23H22N2O3/c1-16-21(25-23(28-16)18-5-3-2-4-6-18)10-12-26-20-8-7-19-13-17(9-11-24)15-27-22(19)14-20/h2-8,14,17H,9-10,12-13,15H2,1H3. The molecule has 1 aromatic heterocycles. The van der Waals surface area contributed by atoms with E-state index in [4.69, 9.17) is 19.2 Å². The summed E-state index contributed by atoms with van der Waals surface area (Å²) in [6, 6.07) is 18.0. The lowest BCUT2D eigenvalue weighted by Gasteiger charge is -2.24. The van der Waals surface area contributed by atoms with Gasteiger partial charge >= 0.3 is 0 Å². The zero-order chi connectivity index (χ0) is 19.3. The van der Waals surface area contributed by atoms with E-state index < -0.39 is 0 Å². The number of nitriles is 1. The van der Waals surface area contributed by atoms with Crippen LogP contribution >= 0.6 is 0 Å². The van der Waals surface area contributed by atoms with E-state index in [0.29, 0.717) is 31.9 Å². The molecule has 142 valence electrons. The quantitative estimate of drug-likeness (QED) is 0.623. The van der Waals surface area contributed by atoms with Crippen molar-refractivity contribution in [3.05, 3.63) is 65.5 Å². The topological polar surface area (TPSA) is 68.3 Å². The summed E-state index contributed by atoms with van der Waals surface area (Å²) in [7, 11) is 0. The number of fused-ring (bicyclic) bond motifs is 1. The van der Waals surface area contributed by atoms with Crippen LogP contribution < -0.4 is 9.47 Å². The monoisotopic (exact) mass is 374 g/mol. The fourth-order valence-electron chi connectivity index (χ4n) is 3.40. The maximum atomic E-state index is 8.85. The Morgan fingerprint density at radius 2 is 2.07 bits per heavy atom. The van der Waals surface area contributed by atoms with Crippen LogP contribution in [0.1, 0.15) is 23.4 Å². The van der Waals surface area contributed by atoms with Crippen LogP contribution in [0.4, 0.5) is 0 Å². The van der Waals surface area contributed by atoms with Crippen molar-refractivity contribution in [2.24, 2.45) is 5.92 Å². The Balaban J connectivity index is 1.36. The fraction of sp³-hybridized carbons (Fsp3) is 0.304. The maximum absolute atomic E-state index is 8.85. The number of aryl methyl sites for hydroxylation is 1. The van der Waals surface area contributed by atoms with Crippen LogP contribution in [0.3, 0.4) is 0 Å². The predicted molar refractivity (Wildman–Crippen MR) is 105 cm³/mol. The van der Waals surface area contributed by atoms with Gasteiger partial charge in [0, 0.05) is 30.4 Å². The van der Waals surface area contributed by atoms with E-state index in [1.165, 1.54) is 0 Å². The summed E-state index contributed by atoms with van der Waals surface area (Å²) >= 11 is 0. The van der Waals surface area contributed by atoms with E-state index in [2.05, 4.69) is 11.1 Å². The molecule has 5 heteroatoms. The number of hydrogen-bond acceptors (Lipinski definition) is 5. The van der Waals surface area contributed by atoms with E-state index in [1.54, 1.807) is 0 Å². The highest BCUT2D eigenvalue weighted by Crippen LogP contribution is 2.32. The first-order valence-electron chi connectivity index (χ1n) is 9.50. The molecule has 1 unspecified atom stereocenters. The minimum Gasteiger partial charge on any atom is -0.493 e. The minimum atomic E-state index is 0.276. The van der Waals surface area contributed by atoms with Gasteiger partial charge in [-0.2, -0.15) is 5.26 Å². The van der Waals surface area contributed by atoms with E-state index >= 15 is 0 Å². The molecule has 1 aliphatic rings. The molecule has 0 amide bonds. The number of oxazole rings is 1. The average Bonchev–Trinajstić information content (AvgIpc) is 3.10. The normalized spacial score (nSPS) is 15.4. The summed E-state index contributed by atoms with van der Waals surface area (Å²) in [4.78, 5) is 4.61. The molecule has 0 aliphatic carbocycles. The third-order valence-electron chi connectivity index (χ3n) is 4.92. The number of hydrogen-bond donors (Lipinski definition) is 0. The van der Waals surface area contributed by atoms with Gasteiger partial charge in [-0.1, -0.05) is 24.3 Å². The molecule has 0 fully saturated rings. The van der Waals surface area contributed by atoms with Crippen LogP contribution in [0.5, 0.6) is 11.5 Å². The summed E-state index contributed by atoms with van der Waals surface area (Å²) in [5, 5.41) is 8.85. The third-order valence-corrected chi connectivity index (χ3v) is 4.92. The molecule has 1 aliphatic heterocycles. The van der Waals surface area contributed by atoms with Crippen molar-refractivity contribution in [3.63, 3.8) is 0 Å². The van der Waals surface area contributed by atoms with E-state index in [-0.39, 0.29) is 5.92 Å². The van der Waals surface area contributed by atoms with E-state index in [9.17, 15) is 0 Å². The number of rotatable bonds is 6. The molecule has 2 heterocycles. The second kappa shape index (κ2) is 8.18. The van der Waals surface area contributed by atoms with Crippen LogP contribution in [-0.2, 0) is 12.8 Å². The lowest BCUT2D eigenvalue weighted by Crippen LogP contribution is -2.20. The van der Waals surface area contributed by atoms with Gasteiger partial charge in [-0.05, 0) is 37.1 Å². The largest absolute Gasteiger partial charge is 0.493 e. The molecule has 28 heavy (non-hydrogen) atoms. The molecule has 3 aromatic rings. The Morgan fingerprint density at radius 1 is 1.21 bits per heavy atom. The lowest BCUT2D eigenvalue weighted by atomic mass is 9.94. The van der Waals surface area contributed by atoms with Gasteiger partial charge in [0.05, 0.1) is 25.0 Å². The van der Waals surface area contributed by atoms with E-state index in [1.807, 2.05) is 55.5 Å². The molecule has 1 atom stereocenters. The van der Waals surface area contributed by atoms with Gasteiger partial charge in [0.25, 0.3) is 0 Å². The number of nitrogens with zero attached hydrogens (tertiary/aromatic N) is 2. The Morgan fingerprint density at radius 3 is 2.89 bits per heavy atom. The summed E-state index contributed by atoms with van der Waals surface area (Å²) in [5.74, 6) is 3.37. The molecular weight excluding hydrogens is 352 g/mol. The fourth-order valence-corrected chi connectivity index (χ4v) is 3.40. The first kappa shape index (κ1) is 18.1. The third kappa shape index (κ3) is 4.01. The van der Waals surface area contributed by atoms with Crippen LogP contribution in [-0.4, -0.2) is 18.2 Å². The van der Waals surface area contributed by atoms with Crippen molar-refractivity contribution in [1.82, 2.24) is 4.98 Å². The number of aromatic nitrogens is 1. The van der Waals surface area contributed by atoms with Crippen molar-refractivity contribution in [1.29, 1.82) is 5.26 Å². The summed E-state index contributed by atoms with van der Waals surface area (Å²) in [6.07, 6.45) is 2.08. The zero-order valence-electron chi connectivity index (χ0n) is 15.9. The zero-order valence-corrected chi connectivity index (χ0v) is 15.9. The van der Waals surface area contributed by atoms with Gasteiger partial charge in [0.2, 0.25) is 5.89 Å². The van der Waals surface area contributed by atoms with Gasteiger partial charge < -0.3 is 13.9 Å². The van der Waals surface area contributed by atoms with Gasteiger partial charge in [-0.15, -0.1) is 0 Å². The molecule has 0 spiro atoms. The molecule has 0 N–H and O–H groups in total. The first-order valence-corrected chi connectivity index (χ1v) is 9.50. The number of benzene rings is 2. The minimum absolute atomic E-state index is 0.276. The second-order valence-corrected chi connectivity index (χ2v) is 7.00. The Kier molecular flexibility index (Phi) is 5.29. The van der Waals surface area contributed by atoms with Crippen molar-refractivity contribution in [3.8, 4) is 29.0 Å². The molecule has 0 saturated heterocycles. The Hall–Kier alpha value is -3.26. The summed E-state index contributed by atoms with van der Waals surface area (Å²) in [6.45, 7) is 3.03. The maximum Gasteiger partial charge on any atom is 0.226 e. The SMILES string of the molecule is Cc1oc(-c2ccccc2)nc1CCOc1ccc2c(c1)OCC(CC#N)C2. The van der Waals surface area contributed by atoms with Crippen molar-refractivity contribution in [2.45, 2.75) is 26.2 Å². The summed E-state index contributed by atoms with van der Waals surface area (Å²) in [5.41, 5.74) is 3.02. The van der Waals surface area contributed by atoms with Crippen LogP contribution in [0.25, 0.3) is 11.5 Å². The first-order chi connectivity index (χ1) is 13.7. The number of ether oxygens (including phenoxy) is 2. The van der Waals surface area contributed by atoms with Gasteiger partial charge in [0.15, 0.2) is 0 Å². The van der Waals surface area contributed by atoms with Crippen LogP contribution in [0.2, 0.25) is 0 Å². The van der Waals surface area contributed by atoms with Crippen molar-refractivity contribution in [2.75, 3.05) is 13.2 Å². The predicted octanol–water partition coefficient (Wildman–Crippen LogP) is 4.74. The van der Waals surface area contributed by atoms with Gasteiger partial charge in [0.1, 0.15) is 17.3 Å². The second-order valence-electron chi connectivity index (χ2n) is 7.00. The van der Waals surface area contributed by atoms with Gasteiger partial charge in [-0.3, -0.25) is 0 Å². The Bertz CT molecular complexity index is 989. The molecular formula is C23H22N2O3. The molecule has 0 radical (unpaired) electrons. The molecule has 0 saturated carbocycles. The molecule has 4 rings (SSSR count). The highest BCUT2D eigenvalue weighted by molar-refractivity contribution is 5.53. The smallest absolute Gasteiger partial charge is 0.226 e. The molecule has 2 aromatic carbocycles. The molecule has 0 bridgehead atoms. The summed E-state index contributed by atoms with van der Waals surface area (Å²) < 4.78 is 17.5. The lowest BCUT2D eigenvalue weighted by molar-refractivity contribution is 0.222. The van der Waals surface area contributed by atoms with Crippen LogP contribution in [0, 0.1) is 24.2 Å². The van der Waals surface area contributed by atoms with Gasteiger partial charge in [-0.25, -0.2) is 4.98 Å². The van der Waals surface area contributed by atoms with E-state index in [0.717, 1.165) is 40.5 Å². The molecule has 5 nitrogen and oxygen atoms in total. The van der Waals surface area contributed by atoms with Crippen LogP contribution in [0.15, 0.2) is 52.9 Å². The van der Waals surface area contributed by atoms with Crippen molar-refractivity contribution < 1.29 is 13.9 Å². The average molecular weight is 374 g/mol. The highest BCUT2D eigenvalue weighted by Gasteiger charge is 2.20. The highest BCUT2D eigenvalue weighted by atomic mass is 16.5. The Labute approximate surface area is 164 Å².